The number of likely N-dealkylation sites (tertiary alicyclic amines) is 1. The lowest BCUT2D eigenvalue weighted by molar-refractivity contribution is -0.0258. The van der Waals surface area contributed by atoms with Crippen LogP contribution in [0.15, 0.2) is 172 Å². The molecule has 527 valence electrons. The molecule has 3 aromatic heterocycles. The summed E-state index contributed by atoms with van der Waals surface area (Å²) >= 11 is 0. The molecule has 1 radical (unpaired) electrons. The number of aryl methyl sites for hydroxylation is 2. The lowest BCUT2D eigenvalue weighted by Crippen LogP contribution is -2.63. The lowest BCUT2D eigenvalue weighted by Gasteiger charge is -2.53. The summed E-state index contributed by atoms with van der Waals surface area (Å²) in [7, 11) is 4.09. The number of piperidine rings is 1. The van der Waals surface area contributed by atoms with Gasteiger partial charge in [-0.25, -0.2) is 15.0 Å². The maximum Gasteiger partial charge on any atom is 0.254 e. The van der Waals surface area contributed by atoms with E-state index in [0.29, 0.717) is 5.41 Å². The summed E-state index contributed by atoms with van der Waals surface area (Å²) in [5, 5.41) is 6.61. The summed E-state index contributed by atoms with van der Waals surface area (Å²) in [6.45, 7) is 19.2. The molecule has 9 aromatic rings. The number of carbonyl (C=O) groups excluding carboxylic acids is 3. The fourth-order valence-electron chi connectivity index (χ4n) is 16.7. The quantitative estimate of drug-likeness (QED) is 0.127. The summed E-state index contributed by atoms with van der Waals surface area (Å²) in [5.74, 6) is 0.577. The van der Waals surface area contributed by atoms with Crippen LogP contribution in [0.2, 0.25) is 18.1 Å². The molecule has 15 rings (SSSR count). The molecule has 3 saturated carbocycles. The van der Waals surface area contributed by atoms with Crippen LogP contribution in [0.5, 0.6) is 0 Å². The molecule has 3 aliphatic heterocycles. The highest BCUT2D eigenvalue weighted by molar-refractivity contribution is 6.58. The van der Waals surface area contributed by atoms with Crippen molar-refractivity contribution in [3.8, 4) is 0 Å². The third kappa shape index (κ3) is 18.5. The van der Waals surface area contributed by atoms with Crippen LogP contribution >= 0.6 is 0 Å². The van der Waals surface area contributed by atoms with Gasteiger partial charge in [0.2, 0.25) is 0 Å². The van der Waals surface area contributed by atoms with Crippen molar-refractivity contribution in [2.45, 2.75) is 187 Å². The first-order valence-electron chi connectivity index (χ1n) is 36.5. The van der Waals surface area contributed by atoms with Gasteiger partial charge in [-0.3, -0.25) is 24.2 Å². The van der Waals surface area contributed by atoms with Crippen molar-refractivity contribution < 1.29 is 14.4 Å². The minimum atomic E-state index is 0. The Bertz CT molecular complexity index is 3980. The van der Waals surface area contributed by atoms with Crippen LogP contribution in [0.1, 0.15) is 193 Å². The molecule has 6 aromatic carbocycles. The van der Waals surface area contributed by atoms with Gasteiger partial charge in [0.15, 0.2) is 0 Å². The zero-order valence-electron chi connectivity index (χ0n) is 58.8. The van der Waals surface area contributed by atoms with Gasteiger partial charge in [0.1, 0.15) is 0 Å². The highest BCUT2D eigenvalue weighted by atomic mass is 28.3. The first kappa shape index (κ1) is 75.2. The van der Waals surface area contributed by atoms with E-state index in [2.05, 4.69) is 133 Å². The van der Waals surface area contributed by atoms with Crippen LogP contribution in [-0.4, -0.2) is 144 Å². The molecule has 6 heterocycles. The van der Waals surface area contributed by atoms with Crippen molar-refractivity contribution in [2.75, 3.05) is 52.4 Å². The second-order valence-corrected chi connectivity index (χ2v) is 32.0. The molecule has 0 bridgehead atoms. The monoisotopic (exact) mass is 1350 g/mol. The molecule has 15 heteroatoms. The Balaban J connectivity index is 0.000000156. The number of piperazine rings is 2. The summed E-state index contributed by atoms with van der Waals surface area (Å²) in [5.41, 5.74) is 6.31. The number of fused-ring (bicyclic) bond motifs is 3. The SMILES string of the molecule is C.C.C=Cc1cn(C)cn1.CC[Si](CC)CC.Cn1cnc(CN2CCN(C(=O)c3cccc4ccccc34)CC23CCCCC3)c1.O=C(c1cccc2ccccc12)N1CCCC2(CCCCC2)C1.O=C(c1cccc2ccccc12)N1CCN(Cc2cnc[nH]2)C2(CCCCC2)C1. The van der Waals surface area contributed by atoms with E-state index >= 15 is 0 Å². The number of rotatable bonds is 11. The number of nitrogens with zero attached hydrogens (tertiary/aromatic N) is 10. The third-order valence-corrected chi connectivity index (χ3v) is 25.1. The Labute approximate surface area is 593 Å². The molecule has 6 aliphatic rings. The summed E-state index contributed by atoms with van der Waals surface area (Å²) in [4.78, 5) is 67.9. The molecule has 0 atom stereocenters. The molecular weight excluding hydrogens is 1240 g/mol. The molecule has 0 unspecified atom stereocenters. The zero-order chi connectivity index (χ0) is 67.6. The number of aromatic amines is 1. The molecule has 1 N–H and O–H groups in total. The Morgan fingerprint density at radius 2 is 0.899 bits per heavy atom. The van der Waals surface area contributed by atoms with Gasteiger partial charge < -0.3 is 28.8 Å². The molecule has 3 spiro atoms. The van der Waals surface area contributed by atoms with Gasteiger partial charge in [0.25, 0.3) is 17.7 Å². The number of aromatic nitrogens is 6. The minimum absolute atomic E-state index is 0. The number of amides is 3. The highest BCUT2D eigenvalue weighted by Crippen LogP contribution is 2.44. The van der Waals surface area contributed by atoms with E-state index in [-0.39, 0.29) is 52.4 Å². The molecule has 14 nitrogen and oxygen atoms in total. The zero-order valence-corrected chi connectivity index (χ0v) is 59.8. The minimum Gasteiger partial charge on any atom is -0.347 e. The van der Waals surface area contributed by atoms with E-state index in [0.717, 1.165) is 138 Å². The smallest absolute Gasteiger partial charge is 0.254 e. The number of imidazole rings is 3. The van der Waals surface area contributed by atoms with Crippen LogP contribution in [0.3, 0.4) is 0 Å². The molecule has 3 amide bonds. The van der Waals surface area contributed by atoms with Gasteiger partial charge >= 0.3 is 0 Å². The first-order valence-corrected chi connectivity index (χ1v) is 38.7. The number of nitrogens with one attached hydrogen (secondary N) is 1. The first-order chi connectivity index (χ1) is 47.3. The lowest BCUT2D eigenvalue weighted by atomic mass is 9.69. The second-order valence-electron chi connectivity index (χ2n) is 28.4. The number of benzene rings is 6. The average Bonchev–Trinajstić information content (AvgIpc) is 1.57. The molecular formula is C84H114N11O3Si. The molecule has 99 heavy (non-hydrogen) atoms. The van der Waals surface area contributed by atoms with Crippen molar-refractivity contribution >= 4 is 64.9 Å². The standard InChI is InChI=1S/C25H30N4O.C24H28N4O.C21H25NO.C6H8N2.C6H15Si.2CH4/c1-27-16-21(26-19-27)17-29-15-14-28(18-25(29)12-5-2-6-13-25)24(30)23-11-7-9-20-8-3-4-10-22(20)23;29-23(22-10-6-8-19-7-2-3-9-21(19)22)27-13-14-28(16-20-15-25-18-26-20)24(17-27)11-4-1-5-12-24;23-20(19-11-6-9-17-8-2-3-10-18(17)19)22-15-7-14-21(16-22)12-4-1-5-13-21;1-3-6-4-8(2)5-7-6;1-4-7(5-2)6-3;;/h3-4,7-11,16,19H,2,5-6,12-15,17-18H2,1H3;2-3,6-10,15,18H,1,4-5,11-14,16-17H2,(H,25,26);2-3,6,8-11H,1,4-5,7,12-16H2;3-5H,1H2,2H3;4-6H2,1-3H3;2*1H4. The van der Waals surface area contributed by atoms with Gasteiger partial charge in [-0.05, 0) is 113 Å². The molecule has 6 fully saturated rings. The highest BCUT2D eigenvalue weighted by Gasteiger charge is 2.46. The van der Waals surface area contributed by atoms with Crippen LogP contribution in [0.25, 0.3) is 38.4 Å². The van der Waals surface area contributed by atoms with Crippen LogP contribution in [0, 0.1) is 5.41 Å². The second kappa shape index (κ2) is 35.9. The van der Waals surface area contributed by atoms with Gasteiger partial charge in [-0.1, -0.05) is 227 Å². The topological polar surface area (TPSA) is 132 Å². The fourth-order valence-corrected chi connectivity index (χ4v) is 18.2. The van der Waals surface area contributed by atoms with Gasteiger partial charge in [0, 0.05) is 140 Å². The van der Waals surface area contributed by atoms with Crippen molar-refractivity contribution in [2.24, 2.45) is 19.5 Å². The van der Waals surface area contributed by atoms with E-state index in [9.17, 15) is 14.4 Å². The van der Waals surface area contributed by atoms with E-state index in [4.69, 9.17) is 0 Å². The predicted molar refractivity (Wildman–Crippen MR) is 413 cm³/mol. The number of hydrogen-bond acceptors (Lipinski definition) is 8. The van der Waals surface area contributed by atoms with Crippen LogP contribution in [0.4, 0.5) is 0 Å². The Morgan fingerprint density at radius 3 is 1.29 bits per heavy atom. The normalized spacial score (nSPS) is 17.9. The van der Waals surface area contributed by atoms with E-state index < -0.39 is 0 Å². The van der Waals surface area contributed by atoms with Crippen LogP contribution < -0.4 is 0 Å². The van der Waals surface area contributed by atoms with Crippen molar-refractivity contribution in [3.63, 3.8) is 0 Å². The third-order valence-electron chi connectivity index (χ3n) is 22.1. The maximum atomic E-state index is 13.6. The number of hydrogen-bond donors (Lipinski definition) is 1. The largest absolute Gasteiger partial charge is 0.347 e. The van der Waals surface area contributed by atoms with Crippen molar-refractivity contribution in [1.82, 2.24) is 53.6 Å². The fraction of sp³-hybridized carbons (Fsp3) is 0.476. The van der Waals surface area contributed by atoms with Crippen LogP contribution in [-0.2, 0) is 27.2 Å². The number of H-pyrrole nitrogens is 1. The Kier molecular flexibility index (Phi) is 27.3. The summed E-state index contributed by atoms with van der Waals surface area (Å²) < 4.78 is 3.90. The van der Waals surface area contributed by atoms with E-state index in [1.165, 1.54) is 121 Å². The van der Waals surface area contributed by atoms with Gasteiger partial charge in [-0.15, -0.1) is 0 Å². The Morgan fingerprint density at radius 1 is 0.485 bits per heavy atom. The van der Waals surface area contributed by atoms with E-state index in [1.807, 2.05) is 115 Å². The Hall–Kier alpha value is -7.98. The van der Waals surface area contributed by atoms with Gasteiger partial charge in [-0.2, -0.15) is 0 Å². The van der Waals surface area contributed by atoms with Crippen molar-refractivity contribution in [3.05, 3.63) is 205 Å². The summed E-state index contributed by atoms with van der Waals surface area (Å²) in [6, 6.07) is 47.2. The molecule has 3 saturated heterocycles. The van der Waals surface area contributed by atoms with Gasteiger partial charge in [0.05, 0.1) is 30.4 Å². The average molecular weight is 1350 g/mol. The number of carbonyl (C=O) groups is 3. The predicted octanol–water partition coefficient (Wildman–Crippen LogP) is 18.4. The molecule has 3 aliphatic carbocycles. The van der Waals surface area contributed by atoms with E-state index in [1.54, 1.807) is 18.7 Å². The summed E-state index contributed by atoms with van der Waals surface area (Å²) in [6.07, 6.45) is 34.5. The maximum absolute atomic E-state index is 13.6. The van der Waals surface area contributed by atoms with Crippen molar-refractivity contribution in [1.29, 1.82) is 0 Å².